The van der Waals surface area contributed by atoms with Gasteiger partial charge in [-0.25, -0.2) is 0 Å². The molecule has 0 atom stereocenters. The monoisotopic (exact) mass is 247 g/mol. The van der Waals surface area contributed by atoms with Gasteiger partial charge in [-0.2, -0.15) is 0 Å². The lowest BCUT2D eigenvalue weighted by Gasteiger charge is -1.98. The average Bonchev–Trinajstić information content (AvgIpc) is 1.85. The minimum atomic E-state index is 1.03. The molecule has 0 fully saturated rings. The summed E-state index contributed by atoms with van der Waals surface area (Å²) in [6, 6.07) is 4.20. The highest BCUT2D eigenvalue weighted by molar-refractivity contribution is 14.1. The summed E-state index contributed by atoms with van der Waals surface area (Å²) in [6.45, 7) is 4.15. The van der Waals surface area contributed by atoms with E-state index in [1.165, 1.54) is 9.26 Å². The Balaban J connectivity index is 3.06. The molecule has 1 heterocycles. The molecular weight excluding hydrogens is 237 g/mol. The van der Waals surface area contributed by atoms with Crippen molar-refractivity contribution in [2.24, 2.45) is 0 Å². The molecule has 0 saturated carbocycles. The van der Waals surface area contributed by atoms with Gasteiger partial charge in [-0.3, -0.25) is 4.98 Å². The van der Waals surface area contributed by atoms with Crippen molar-refractivity contribution >= 4 is 22.6 Å². The molecule has 1 aromatic rings. The van der Waals surface area contributed by atoms with Crippen molar-refractivity contribution in [1.82, 2.24) is 4.98 Å². The van der Waals surface area contributed by atoms with Crippen LogP contribution in [0.15, 0.2) is 12.1 Å². The first-order valence-corrected chi connectivity index (χ1v) is 4.43. The van der Waals surface area contributed by atoms with Gasteiger partial charge in [0, 0.05) is 15.0 Å². The average molecular weight is 247 g/mol. The van der Waals surface area contributed by atoms with Crippen LogP contribution in [-0.2, 0) is 6.42 Å². The lowest BCUT2D eigenvalue weighted by Crippen LogP contribution is -1.90. The van der Waals surface area contributed by atoms with Gasteiger partial charge < -0.3 is 0 Å². The van der Waals surface area contributed by atoms with Crippen molar-refractivity contribution in [1.29, 1.82) is 0 Å². The molecule has 0 aliphatic carbocycles. The molecule has 0 radical (unpaired) electrons. The Bertz CT molecular complexity index is 212. The molecule has 0 aliphatic rings. The van der Waals surface area contributed by atoms with Gasteiger partial charge in [0.15, 0.2) is 0 Å². The Kier molecular flexibility index (Phi) is 2.65. The molecule has 0 spiro atoms. The van der Waals surface area contributed by atoms with E-state index in [4.69, 9.17) is 0 Å². The molecule has 2 heteroatoms. The van der Waals surface area contributed by atoms with E-state index < -0.39 is 0 Å². The molecule has 10 heavy (non-hydrogen) atoms. The van der Waals surface area contributed by atoms with Crippen LogP contribution in [0.1, 0.15) is 18.3 Å². The van der Waals surface area contributed by atoms with Crippen molar-refractivity contribution in [3.05, 3.63) is 27.1 Å². The molecular formula is C8H10IN. The number of hydrogen-bond acceptors (Lipinski definition) is 1. The molecule has 0 aliphatic heterocycles. The van der Waals surface area contributed by atoms with E-state index in [1.807, 2.05) is 6.92 Å². The van der Waals surface area contributed by atoms with Gasteiger partial charge in [0.1, 0.15) is 0 Å². The largest absolute Gasteiger partial charge is 0.258 e. The van der Waals surface area contributed by atoms with Gasteiger partial charge in [0.2, 0.25) is 0 Å². The molecule has 0 N–H and O–H groups in total. The molecule has 0 saturated heterocycles. The third kappa shape index (κ3) is 1.94. The summed E-state index contributed by atoms with van der Waals surface area (Å²) < 4.78 is 1.28. The summed E-state index contributed by atoms with van der Waals surface area (Å²) in [4.78, 5) is 4.35. The maximum absolute atomic E-state index is 4.35. The summed E-state index contributed by atoms with van der Waals surface area (Å²) >= 11 is 2.31. The first-order chi connectivity index (χ1) is 4.72. The van der Waals surface area contributed by atoms with Gasteiger partial charge in [0.05, 0.1) is 0 Å². The van der Waals surface area contributed by atoms with E-state index in [0.29, 0.717) is 0 Å². The van der Waals surface area contributed by atoms with E-state index in [2.05, 4.69) is 46.6 Å². The van der Waals surface area contributed by atoms with Crippen LogP contribution in [-0.4, -0.2) is 4.98 Å². The van der Waals surface area contributed by atoms with Gasteiger partial charge in [-0.05, 0) is 48.1 Å². The zero-order chi connectivity index (χ0) is 7.56. The first kappa shape index (κ1) is 7.98. The predicted octanol–water partition coefficient (Wildman–Crippen LogP) is 2.56. The van der Waals surface area contributed by atoms with Gasteiger partial charge in [0.25, 0.3) is 0 Å². The van der Waals surface area contributed by atoms with Crippen molar-refractivity contribution in [2.75, 3.05) is 0 Å². The Morgan fingerprint density at radius 3 is 2.70 bits per heavy atom. The smallest absolute Gasteiger partial charge is 0.0414 e. The fourth-order valence-electron chi connectivity index (χ4n) is 0.873. The van der Waals surface area contributed by atoms with Crippen molar-refractivity contribution < 1.29 is 0 Å². The minimum absolute atomic E-state index is 1.03. The van der Waals surface area contributed by atoms with Crippen LogP contribution in [0.5, 0.6) is 0 Å². The summed E-state index contributed by atoms with van der Waals surface area (Å²) in [5.41, 5.74) is 2.30. The lowest BCUT2D eigenvalue weighted by molar-refractivity contribution is 1.00. The summed E-state index contributed by atoms with van der Waals surface area (Å²) in [7, 11) is 0. The Hall–Kier alpha value is -0.120. The van der Waals surface area contributed by atoms with Crippen molar-refractivity contribution in [3.8, 4) is 0 Å². The molecule has 54 valence electrons. The van der Waals surface area contributed by atoms with Gasteiger partial charge in [-0.1, -0.05) is 6.92 Å². The number of aromatic nitrogens is 1. The fraction of sp³-hybridized carbons (Fsp3) is 0.375. The summed E-state index contributed by atoms with van der Waals surface area (Å²) in [6.07, 6.45) is 1.03. The Morgan fingerprint density at radius 2 is 2.20 bits per heavy atom. The second-order valence-electron chi connectivity index (χ2n) is 2.27. The highest BCUT2D eigenvalue weighted by Gasteiger charge is 1.93. The molecule has 0 unspecified atom stereocenters. The number of hydrogen-bond donors (Lipinski definition) is 0. The first-order valence-electron chi connectivity index (χ1n) is 3.35. The van der Waals surface area contributed by atoms with Crippen LogP contribution in [0.25, 0.3) is 0 Å². The SMILES string of the molecule is CCc1cc(I)cc(C)n1. The van der Waals surface area contributed by atoms with Crippen LogP contribution in [0, 0.1) is 10.5 Å². The molecule has 1 aromatic heterocycles. The van der Waals surface area contributed by atoms with E-state index in [9.17, 15) is 0 Å². The molecule has 1 rings (SSSR count). The van der Waals surface area contributed by atoms with Gasteiger partial charge >= 0.3 is 0 Å². The lowest BCUT2D eigenvalue weighted by atomic mass is 10.3. The highest BCUT2D eigenvalue weighted by atomic mass is 127. The van der Waals surface area contributed by atoms with E-state index in [1.54, 1.807) is 0 Å². The zero-order valence-electron chi connectivity index (χ0n) is 6.19. The van der Waals surface area contributed by atoms with E-state index in [-0.39, 0.29) is 0 Å². The maximum atomic E-state index is 4.35. The number of nitrogens with zero attached hydrogens (tertiary/aromatic N) is 1. The number of rotatable bonds is 1. The number of halogens is 1. The molecule has 0 aromatic carbocycles. The van der Waals surface area contributed by atoms with Crippen LogP contribution in [0.3, 0.4) is 0 Å². The second-order valence-corrected chi connectivity index (χ2v) is 3.52. The number of aryl methyl sites for hydroxylation is 2. The van der Waals surface area contributed by atoms with Crippen LogP contribution in [0.2, 0.25) is 0 Å². The van der Waals surface area contributed by atoms with E-state index >= 15 is 0 Å². The van der Waals surface area contributed by atoms with Crippen LogP contribution >= 0.6 is 22.6 Å². The Labute approximate surface area is 75.0 Å². The van der Waals surface area contributed by atoms with Crippen LogP contribution in [0.4, 0.5) is 0 Å². The highest BCUT2D eigenvalue weighted by Crippen LogP contribution is 2.08. The standard InChI is InChI=1S/C8H10IN/c1-3-8-5-7(9)4-6(2)10-8/h4-5H,3H2,1-2H3. The predicted molar refractivity (Wildman–Crippen MR) is 51.1 cm³/mol. The van der Waals surface area contributed by atoms with E-state index in [0.717, 1.165) is 12.1 Å². The maximum Gasteiger partial charge on any atom is 0.0414 e. The quantitative estimate of drug-likeness (QED) is 0.695. The minimum Gasteiger partial charge on any atom is -0.258 e. The molecule has 1 nitrogen and oxygen atoms in total. The topological polar surface area (TPSA) is 12.9 Å². The number of pyridine rings is 1. The van der Waals surface area contributed by atoms with Crippen LogP contribution < -0.4 is 0 Å². The summed E-state index contributed by atoms with van der Waals surface area (Å²) in [5.74, 6) is 0. The fourth-order valence-corrected chi connectivity index (χ4v) is 1.68. The second kappa shape index (κ2) is 3.32. The summed E-state index contributed by atoms with van der Waals surface area (Å²) in [5, 5.41) is 0. The van der Waals surface area contributed by atoms with Crippen molar-refractivity contribution in [3.63, 3.8) is 0 Å². The molecule has 0 bridgehead atoms. The third-order valence-electron chi connectivity index (χ3n) is 1.33. The normalized spacial score (nSPS) is 9.90. The van der Waals surface area contributed by atoms with Gasteiger partial charge in [-0.15, -0.1) is 0 Å². The zero-order valence-corrected chi connectivity index (χ0v) is 8.34. The Morgan fingerprint density at radius 1 is 1.50 bits per heavy atom. The molecule has 0 amide bonds. The van der Waals surface area contributed by atoms with Crippen molar-refractivity contribution in [2.45, 2.75) is 20.3 Å². The third-order valence-corrected chi connectivity index (χ3v) is 1.96.